The van der Waals surface area contributed by atoms with Gasteiger partial charge in [0, 0.05) is 36.7 Å². The fourth-order valence-electron chi connectivity index (χ4n) is 3.33. The molecule has 3 aromatic rings. The summed E-state index contributed by atoms with van der Waals surface area (Å²) in [6.45, 7) is 5.16. The van der Waals surface area contributed by atoms with E-state index in [1.165, 1.54) is 17.7 Å². The van der Waals surface area contributed by atoms with Gasteiger partial charge in [0.2, 0.25) is 0 Å². The summed E-state index contributed by atoms with van der Waals surface area (Å²) in [5.74, 6) is -0.287. The van der Waals surface area contributed by atoms with E-state index in [2.05, 4.69) is 21.9 Å². The van der Waals surface area contributed by atoms with Crippen LogP contribution in [0.4, 0.5) is 5.69 Å². The number of unbranched alkanes of at least 4 members (excludes halogenated alkanes) is 1. The van der Waals surface area contributed by atoms with Crippen molar-refractivity contribution in [3.63, 3.8) is 0 Å². The molecule has 2 aromatic carbocycles. The Morgan fingerprint density at radius 2 is 1.88 bits per heavy atom. The number of amides is 1. The van der Waals surface area contributed by atoms with Crippen molar-refractivity contribution >= 4 is 21.6 Å². The van der Waals surface area contributed by atoms with E-state index in [0.717, 1.165) is 37.8 Å². The first-order chi connectivity index (χ1) is 15.4. The number of imidazole rings is 1. The van der Waals surface area contributed by atoms with E-state index in [1.807, 2.05) is 22.9 Å². The van der Waals surface area contributed by atoms with Crippen molar-refractivity contribution in [1.29, 1.82) is 0 Å². The number of nitrogens with one attached hydrogen (secondary N) is 2. The van der Waals surface area contributed by atoms with Gasteiger partial charge >= 0.3 is 0 Å². The van der Waals surface area contributed by atoms with Gasteiger partial charge in [0.15, 0.2) is 0 Å². The predicted octanol–water partition coefficient (Wildman–Crippen LogP) is 4.16. The topological polar surface area (TPSA) is 93.1 Å². The summed E-state index contributed by atoms with van der Waals surface area (Å²) in [5, 5.41) is 2.87. The molecule has 1 amide bonds. The molecule has 0 saturated heterocycles. The second-order valence-electron chi connectivity index (χ2n) is 7.79. The summed E-state index contributed by atoms with van der Waals surface area (Å²) in [7, 11) is -3.81. The van der Waals surface area contributed by atoms with Gasteiger partial charge in [-0.3, -0.25) is 9.52 Å². The van der Waals surface area contributed by atoms with Crippen LogP contribution in [0.25, 0.3) is 0 Å². The maximum absolute atomic E-state index is 12.9. The zero-order valence-corrected chi connectivity index (χ0v) is 19.4. The summed E-state index contributed by atoms with van der Waals surface area (Å²) in [4.78, 5) is 16.7. The second-order valence-corrected chi connectivity index (χ2v) is 9.48. The van der Waals surface area contributed by atoms with Crippen LogP contribution in [0.5, 0.6) is 0 Å². The fourth-order valence-corrected chi connectivity index (χ4v) is 4.41. The molecular weight excluding hydrogens is 424 g/mol. The van der Waals surface area contributed by atoms with Crippen LogP contribution >= 0.6 is 0 Å². The van der Waals surface area contributed by atoms with Crippen LogP contribution in [-0.4, -0.2) is 30.4 Å². The third-order valence-corrected chi connectivity index (χ3v) is 6.61. The van der Waals surface area contributed by atoms with Crippen LogP contribution < -0.4 is 10.0 Å². The molecule has 170 valence electrons. The molecule has 0 aliphatic heterocycles. The highest BCUT2D eigenvalue weighted by Gasteiger charge is 2.18. The van der Waals surface area contributed by atoms with E-state index in [1.54, 1.807) is 37.6 Å². The largest absolute Gasteiger partial charge is 0.352 e. The van der Waals surface area contributed by atoms with E-state index in [9.17, 15) is 13.2 Å². The molecule has 0 fully saturated rings. The Morgan fingerprint density at radius 1 is 1.09 bits per heavy atom. The van der Waals surface area contributed by atoms with Crippen molar-refractivity contribution in [1.82, 2.24) is 14.9 Å². The van der Waals surface area contributed by atoms with Gasteiger partial charge in [0.1, 0.15) is 0 Å². The average Bonchev–Trinajstić information content (AvgIpc) is 3.29. The quantitative estimate of drug-likeness (QED) is 0.426. The first-order valence-electron chi connectivity index (χ1n) is 10.9. The molecule has 0 unspecified atom stereocenters. The van der Waals surface area contributed by atoms with Gasteiger partial charge in [-0.2, -0.15) is 0 Å². The number of benzene rings is 2. The normalized spacial score (nSPS) is 11.3. The first kappa shape index (κ1) is 23.5. The number of sulfonamides is 1. The van der Waals surface area contributed by atoms with Crippen molar-refractivity contribution in [2.24, 2.45) is 0 Å². The van der Waals surface area contributed by atoms with Gasteiger partial charge < -0.3 is 9.88 Å². The number of anilines is 1. The van der Waals surface area contributed by atoms with E-state index < -0.39 is 10.0 Å². The third-order valence-electron chi connectivity index (χ3n) is 5.23. The maximum atomic E-state index is 12.9. The van der Waals surface area contributed by atoms with Crippen LogP contribution in [-0.2, 0) is 23.0 Å². The van der Waals surface area contributed by atoms with Crippen molar-refractivity contribution in [3.05, 3.63) is 77.9 Å². The lowest BCUT2D eigenvalue weighted by Crippen LogP contribution is -2.26. The third kappa shape index (κ3) is 6.43. The average molecular weight is 455 g/mol. The SMILES string of the molecule is CCCCc1ccc(NS(=O)(=O)c2ccc(C)c(C(=O)NCCCn3ccnc3)c2)cc1. The number of aromatic nitrogens is 2. The summed E-state index contributed by atoms with van der Waals surface area (Å²) in [6, 6.07) is 12.0. The van der Waals surface area contributed by atoms with Crippen molar-refractivity contribution in [2.75, 3.05) is 11.3 Å². The lowest BCUT2D eigenvalue weighted by atomic mass is 10.1. The molecule has 32 heavy (non-hydrogen) atoms. The Morgan fingerprint density at radius 3 is 2.56 bits per heavy atom. The van der Waals surface area contributed by atoms with Gasteiger partial charge in [0.25, 0.3) is 15.9 Å². The molecule has 7 nitrogen and oxygen atoms in total. The molecular formula is C24H30N4O3S. The molecule has 0 bridgehead atoms. The Bertz CT molecular complexity index is 1120. The molecule has 1 aromatic heterocycles. The monoisotopic (exact) mass is 454 g/mol. The number of carbonyl (C=O) groups excluding carboxylic acids is 1. The van der Waals surface area contributed by atoms with E-state index in [0.29, 0.717) is 17.8 Å². The number of hydrogen-bond donors (Lipinski definition) is 2. The lowest BCUT2D eigenvalue weighted by molar-refractivity contribution is 0.0952. The van der Waals surface area contributed by atoms with Gasteiger partial charge in [-0.15, -0.1) is 0 Å². The minimum absolute atomic E-state index is 0.0572. The summed E-state index contributed by atoms with van der Waals surface area (Å²) < 4.78 is 30.3. The van der Waals surface area contributed by atoms with Crippen LogP contribution in [0.15, 0.2) is 66.1 Å². The Labute approximate surface area is 189 Å². The first-order valence-corrected chi connectivity index (χ1v) is 12.3. The number of hydrogen-bond acceptors (Lipinski definition) is 4. The van der Waals surface area contributed by atoms with Gasteiger partial charge in [0.05, 0.1) is 11.2 Å². The molecule has 0 aliphatic rings. The van der Waals surface area contributed by atoms with Crippen LogP contribution in [0.2, 0.25) is 0 Å². The van der Waals surface area contributed by atoms with E-state index >= 15 is 0 Å². The number of carbonyl (C=O) groups is 1. The van der Waals surface area contributed by atoms with E-state index in [4.69, 9.17) is 0 Å². The number of aryl methyl sites for hydroxylation is 3. The minimum Gasteiger partial charge on any atom is -0.352 e. The minimum atomic E-state index is -3.81. The molecule has 1 heterocycles. The molecule has 8 heteroatoms. The molecule has 0 saturated carbocycles. The van der Waals surface area contributed by atoms with Gasteiger partial charge in [-0.25, -0.2) is 13.4 Å². The number of rotatable bonds is 11. The second kappa shape index (κ2) is 10.9. The van der Waals surface area contributed by atoms with Crippen LogP contribution in [0, 0.1) is 6.92 Å². The van der Waals surface area contributed by atoms with Crippen molar-refractivity contribution in [3.8, 4) is 0 Å². The Hall–Kier alpha value is -3.13. The number of nitrogens with zero attached hydrogens (tertiary/aromatic N) is 2. The maximum Gasteiger partial charge on any atom is 0.261 e. The Kier molecular flexibility index (Phi) is 8.05. The molecule has 0 aliphatic carbocycles. The zero-order valence-electron chi connectivity index (χ0n) is 18.5. The van der Waals surface area contributed by atoms with Crippen LogP contribution in [0.1, 0.15) is 47.7 Å². The van der Waals surface area contributed by atoms with Crippen LogP contribution in [0.3, 0.4) is 0 Å². The van der Waals surface area contributed by atoms with Gasteiger partial charge in [-0.05, 0) is 61.6 Å². The lowest BCUT2D eigenvalue weighted by Gasteiger charge is -2.12. The molecule has 2 N–H and O–H groups in total. The van der Waals surface area contributed by atoms with E-state index in [-0.39, 0.29) is 10.8 Å². The fraction of sp³-hybridized carbons (Fsp3) is 0.333. The molecule has 0 atom stereocenters. The van der Waals surface area contributed by atoms with Crippen molar-refractivity contribution < 1.29 is 13.2 Å². The summed E-state index contributed by atoms with van der Waals surface area (Å²) >= 11 is 0. The molecule has 0 radical (unpaired) electrons. The summed E-state index contributed by atoms with van der Waals surface area (Å²) in [5.41, 5.74) is 2.75. The smallest absolute Gasteiger partial charge is 0.261 e. The zero-order chi connectivity index (χ0) is 23.0. The molecule has 0 spiro atoms. The highest BCUT2D eigenvalue weighted by molar-refractivity contribution is 7.92. The van der Waals surface area contributed by atoms with Gasteiger partial charge in [-0.1, -0.05) is 31.5 Å². The standard InChI is InChI=1S/C24H30N4O3S/c1-3-4-6-20-8-10-21(11-9-20)27-32(30,31)22-12-7-19(2)23(17-22)24(29)26-13-5-15-28-16-14-25-18-28/h7-12,14,16-18,27H,3-6,13,15H2,1-2H3,(H,26,29). The predicted molar refractivity (Wildman–Crippen MR) is 126 cm³/mol. The Balaban J connectivity index is 1.64. The highest BCUT2D eigenvalue weighted by Crippen LogP contribution is 2.20. The highest BCUT2D eigenvalue weighted by atomic mass is 32.2. The molecule has 3 rings (SSSR count). The van der Waals surface area contributed by atoms with Crippen molar-refractivity contribution in [2.45, 2.75) is 51.0 Å². The summed E-state index contributed by atoms with van der Waals surface area (Å²) in [6.07, 6.45) is 9.24.